The highest BCUT2D eigenvalue weighted by molar-refractivity contribution is 6.00. The summed E-state index contributed by atoms with van der Waals surface area (Å²) in [5.74, 6) is 0.957. The van der Waals surface area contributed by atoms with Crippen molar-refractivity contribution in [3.8, 4) is 5.75 Å². The lowest BCUT2D eigenvalue weighted by Gasteiger charge is -2.41. The Kier molecular flexibility index (Phi) is 7.80. The maximum Gasteiger partial charge on any atom is 0.258 e. The fourth-order valence-corrected chi connectivity index (χ4v) is 6.02. The lowest BCUT2D eigenvalue weighted by Crippen LogP contribution is -2.61. The summed E-state index contributed by atoms with van der Waals surface area (Å²) in [6.07, 6.45) is 6.46. The molecule has 0 spiro atoms. The van der Waals surface area contributed by atoms with Gasteiger partial charge in [0.15, 0.2) is 0 Å². The molecule has 0 unspecified atom stereocenters. The number of nitrogens with zero attached hydrogens (tertiary/aromatic N) is 5. The first kappa shape index (κ1) is 26.2. The molecule has 1 aliphatic carbocycles. The van der Waals surface area contributed by atoms with Gasteiger partial charge in [-0.25, -0.2) is 4.68 Å². The summed E-state index contributed by atoms with van der Waals surface area (Å²) in [7, 11) is 1.63. The van der Waals surface area contributed by atoms with Crippen molar-refractivity contribution in [1.82, 2.24) is 30.1 Å². The Balaban J connectivity index is 1.26. The molecule has 1 saturated carbocycles. The number of carbonyl (C=O) groups is 2. The second kappa shape index (κ2) is 11.6. The van der Waals surface area contributed by atoms with E-state index in [-0.39, 0.29) is 30.1 Å². The molecule has 4 atom stereocenters. The first-order valence-electron chi connectivity index (χ1n) is 14.2. The Morgan fingerprint density at radius 3 is 2.82 bits per heavy atom. The van der Waals surface area contributed by atoms with Gasteiger partial charge in [-0.15, -0.1) is 5.10 Å². The van der Waals surface area contributed by atoms with Gasteiger partial charge in [0.25, 0.3) is 5.91 Å². The van der Waals surface area contributed by atoms with Gasteiger partial charge in [-0.05, 0) is 43.7 Å². The highest BCUT2D eigenvalue weighted by Gasteiger charge is 2.40. The average molecular weight is 539 g/mol. The highest BCUT2D eigenvalue weighted by Crippen LogP contribution is 2.32. The molecule has 2 saturated heterocycles. The van der Waals surface area contributed by atoms with Crippen LogP contribution in [-0.2, 0) is 20.9 Å². The van der Waals surface area contributed by atoms with Crippen LogP contribution in [0, 0.1) is 5.92 Å². The van der Waals surface area contributed by atoms with Crippen molar-refractivity contribution < 1.29 is 23.8 Å². The van der Waals surface area contributed by atoms with E-state index in [0.29, 0.717) is 56.5 Å². The van der Waals surface area contributed by atoms with Crippen LogP contribution < -0.4 is 10.1 Å². The number of nitrogens with one attached hydrogen (secondary N) is 1. The van der Waals surface area contributed by atoms with Gasteiger partial charge in [-0.1, -0.05) is 17.3 Å². The van der Waals surface area contributed by atoms with Crippen molar-refractivity contribution >= 4 is 11.8 Å². The molecule has 2 aromatic rings. The monoisotopic (exact) mass is 538 g/mol. The van der Waals surface area contributed by atoms with E-state index in [1.54, 1.807) is 18.1 Å². The van der Waals surface area contributed by atoms with E-state index in [1.165, 1.54) is 12.8 Å². The molecule has 1 N–H and O–H groups in total. The lowest BCUT2D eigenvalue weighted by atomic mass is 9.96. The predicted molar refractivity (Wildman–Crippen MR) is 141 cm³/mol. The average Bonchev–Trinajstić information content (AvgIpc) is 3.65. The molecular formula is C28H38N6O5. The number of hydrogen-bond donors (Lipinski definition) is 1. The molecule has 3 fully saturated rings. The maximum absolute atomic E-state index is 13.8. The van der Waals surface area contributed by atoms with E-state index >= 15 is 0 Å². The number of para-hydroxylation sites is 1. The Bertz CT molecular complexity index is 1170. The second-order valence-corrected chi connectivity index (χ2v) is 11.2. The van der Waals surface area contributed by atoms with Crippen LogP contribution in [0.2, 0.25) is 0 Å². The van der Waals surface area contributed by atoms with Crippen LogP contribution in [0.1, 0.15) is 54.2 Å². The summed E-state index contributed by atoms with van der Waals surface area (Å²) in [6.45, 7) is 3.94. The number of carbonyl (C=O) groups excluding carboxylic acids is 2. The van der Waals surface area contributed by atoms with E-state index in [4.69, 9.17) is 14.2 Å². The summed E-state index contributed by atoms with van der Waals surface area (Å²) in [5.41, 5.74) is 1.26. The highest BCUT2D eigenvalue weighted by atomic mass is 16.5. The first-order chi connectivity index (χ1) is 19.1. The van der Waals surface area contributed by atoms with Crippen molar-refractivity contribution in [2.24, 2.45) is 5.92 Å². The molecule has 1 aromatic carbocycles. The maximum atomic E-state index is 13.8. The number of methoxy groups -OCH3 is 1. The fraction of sp³-hybridized carbons (Fsp3) is 0.643. The zero-order chi connectivity index (χ0) is 26.8. The van der Waals surface area contributed by atoms with Crippen molar-refractivity contribution in [1.29, 1.82) is 0 Å². The molecule has 4 aliphatic rings. The molecule has 6 rings (SSSR count). The number of benzene rings is 1. The second-order valence-electron chi connectivity index (χ2n) is 11.2. The number of hydrogen-bond acceptors (Lipinski definition) is 8. The number of aromatic nitrogens is 3. The summed E-state index contributed by atoms with van der Waals surface area (Å²) >= 11 is 0. The normalized spacial score (nSPS) is 28.6. The number of ether oxygens (including phenoxy) is 3. The van der Waals surface area contributed by atoms with Crippen LogP contribution in [0.25, 0.3) is 0 Å². The van der Waals surface area contributed by atoms with Gasteiger partial charge < -0.3 is 24.4 Å². The third-order valence-electron chi connectivity index (χ3n) is 8.30. The van der Waals surface area contributed by atoms with Crippen LogP contribution in [0.5, 0.6) is 5.75 Å². The summed E-state index contributed by atoms with van der Waals surface area (Å²) in [4.78, 5) is 31.6. The molecule has 3 aliphatic heterocycles. The summed E-state index contributed by atoms with van der Waals surface area (Å²) < 4.78 is 19.7. The first-order valence-corrected chi connectivity index (χ1v) is 14.2. The Morgan fingerprint density at radius 1 is 1.10 bits per heavy atom. The van der Waals surface area contributed by atoms with E-state index < -0.39 is 6.04 Å². The van der Waals surface area contributed by atoms with E-state index in [9.17, 15) is 9.59 Å². The molecule has 39 heavy (non-hydrogen) atoms. The molecule has 2 amide bonds. The molecular weight excluding hydrogens is 500 g/mol. The van der Waals surface area contributed by atoms with Crippen LogP contribution in [0.4, 0.5) is 0 Å². The van der Waals surface area contributed by atoms with Gasteiger partial charge in [-0.3, -0.25) is 14.5 Å². The topological polar surface area (TPSA) is 111 Å². The van der Waals surface area contributed by atoms with E-state index in [0.717, 1.165) is 31.6 Å². The molecule has 4 heterocycles. The molecule has 1 aromatic heterocycles. The van der Waals surface area contributed by atoms with Gasteiger partial charge in [0.2, 0.25) is 5.91 Å². The van der Waals surface area contributed by atoms with Crippen LogP contribution in [-0.4, -0.2) is 101 Å². The Hall–Kier alpha value is -3.02. The molecule has 0 radical (unpaired) electrons. The zero-order valence-corrected chi connectivity index (χ0v) is 22.5. The van der Waals surface area contributed by atoms with Crippen molar-refractivity contribution in [3.63, 3.8) is 0 Å². The third-order valence-corrected chi connectivity index (χ3v) is 8.30. The number of rotatable bonds is 5. The predicted octanol–water partition coefficient (Wildman–Crippen LogP) is 1.65. The minimum atomic E-state index is -0.585. The van der Waals surface area contributed by atoms with Crippen molar-refractivity contribution in [2.45, 2.75) is 63.0 Å². The van der Waals surface area contributed by atoms with E-state index in [1.807, 2.05) is 29.1 Å². The van der Waals surface area contributed by atoms with Gasteiger partial charge in [0, 0.05) is 46.3 Å². The molecule has 11 heteroatoms. The van der Waals surface area contributed by atoms with E-state index in [2.05, 4.69) is 20.5 Å². The number of fused-ring (bicyclic) bond motifs is 4. The Labute approximate surface area is 228 Å². The summed E-state index contributed by atoms with van der Waals surface area (Å²) in [6, 6.07) is 6.70. The standard InChI is InChI=1S/C28H38N6O5/c1-37-18-20-16-34(31-30-20)23-9-8-21-10-13-38-25-5-3-2-4-22(25)28(36)33-12-11-32(15-19-6-7-19)17-24(33)27(35)29-14-26(23)39-21/h2-5,16,19,21,23-24,26H,6-15,17-18H2,1H3,(H,29,35)/t21-,23+,24-,26+/m0/s1. The van der Waals surface area contributed by atoms with Crippen molar-refractivity contribution in [2.75, 3.05) is 46.4 Å². The molecule has 2 bridgehead atoms. The minimum Gasteiger partial charge on any atom is -0.493 e. The van der Waals surface area contributed by atoms with Gasteiger partial charge >= 0.3 is 0 Å². The van der Waals surface area contributed by atoms with Crippen LogP contribution in [0.3, 0.4) is 0 Å². The lowest BCUT2D eigenvalue weighted by molar-refractivity contribution is -0.130. The van der Waals surface area contributed by atoms with Crippen LogP contribution in [0.15, 0.2) is 30.5 Å². The van der Waals surface area contributed by atoms with Gasteiger partial charge in [-0.2, -0.15) is 0 Å². The summed E-state index contributed by atoms with van der Waals surface area (Å²) in [5, 5.41) is 11.7. The quantitative estimate of drug-likeness (QED) is 0.612. The van der Waals surface area contributed by atoms with Gasteiger partial charge in [0.1, 0.15) is 17.5 Å². The SMILES string of the molecule is COCc1cn([C@@H]2CC[C@H]3CCOc4ccccc4C(=O)N4CCN(CC5CC5)C[C@H]4C(=O)NC[C@H]2O3)nn1. The fourth-order valence-electron chi connectivity index (χ4n) is 6.02. The minimum absolute atomic E-state index is 0.0175. The number of amides is 2. The molecule has 11 nitrogen and oxygen atoms in total. The number of piperazine rings is 1. The van der Waals surface area contributed by atoms with Crippen molar-refractivity contribution in [3.05, 3.63) is 41.7 Å². The molecule has 210 valence electrons. The largest absolute Gasteiger partial charge is 0.493 e. The smallest absolute Gasteiger partial charge is 0.258 e. The third kappa shape index (κ3) is 5.95. The Morgan fingerprint density at radius 2 is 1.97 bits per heavy atom. The van der Waals surface area contributed by atoms with Crippen LogP contribution >= 0.6 is 0 Å². The zero-order valence-electron chi connectivity index (χ0n) is 22.5. The van der Waals surface area contributed by atoms with Gasteiger partial charge in [0.05, 0.1) is 43.2 Å².